The first-order valence-electron chi connectivity index (χ1n) is 6.89. The fourth-order valence-corrected chi connectivity index (χ4v) is 2.62. The Kier molecular flexibility index (Phi) is 3.63. The minimum Gasteiger partial charge on any atom is -0.460 e. The summed E-state index contributed by atoms with van der Waals surface area (Å²) in [7, 11) is 0. The molecule has 0 unspecified atom stereocenters. The van der Waals surface area contributed by atoms with Gasteiger partial charge in [0.1, 0.15) is 11.3 Å². The van der Waals surface area contributed by atoms with Crippen molar-refractivity contribution in [2.24, 2.45) is 0 Å². The molecule has 1 amide bonds. The summed E-state index contributed by atoms with van der Waals surface area (Å²) in [6.45, 7) is 4.94. The lowest BCUT2D eigenvalue weighted by molar-refractivity contribution is -0.130. The Labute approximate surface area is 120 Å². The number of benzene rings is 1. The molecule has 1 aromatic carbocycles. The smallest absolute Gasteiger partial charge is 0.219 e. The fourth-order valence-electron chi connectivity index (χ4n) is 2.62. The lowest BCUT2D eigenvalue weighted by atomic mass is 10.2. The van der Waals surface area contributed by atoms with Gasteiger partial charge in [-0.15, -0.1) is 0 Å². The molecule has 3 rings (SSSR count). The number of carbonyl (C=O) groups is 1. The molecule has 1 aliphatic rings. The predicted octanol–water partition coefficient (Wildman–Crippen LogP) is 2.38. The Morgan fingerprint density at radius 3 is 2.62 bits per heavy atom. The largest absolute Gasteiger partial charge is 0.460 e. The van der Waals surface area contributed by atoms with Crippen LogP contribution >= 0.6 is 0 Å². The second kappa shape index (κ2) is 5.44. The summed E-state index contributed by atoms with van der Waals surface area (Å²) >= 11 is 0. The van der Waals surface area contributed by atoms with E-state index in [0.29, 0.717) is 31.0 Å². The van der Waals surface area contributed by atoms with E-state index in [1.54, 1.807) is 17.9 Å². The summed E-state index contributed by atoms with van der Waals surface area (Å²) in [5.41, 5.74) is 0.353. The van der Waals surface area contributed by atoms with Gasteiger partial charge in [0.2, 0.25) is 5.91 Å². The second-order valence-electron chi connectivity index (χ2n) is 5.27. The number of fused-ring (bicyclic) bond motifs is 1. The Hall–Kier alpha value is -1.95. The maximum absolute atomic E-state index is 13.6. The molecular weight excluding hydrogens is 278 g/mol. The van der Waals surface area contributed by atoms with Crippen molar-refractivity contribution in [1.29, 1.82) is 0 Å². The fraction of sp³-hybridized carbons (Fsp3) is 0.400. The monoisotopic (exact) mass is 294 g/mol. The van der Waals surface area contributed by atoms with E-state index in [1.165, 1.54) is 6.07 Å². The summed E-state index contributed by atoms with van der Waals surface area (Å²) in [6, 6.07) is 4.05. The zero-order valence-corrected chi connectivity index (χ0v) is 11.7. The molecule has 21 heavy (non-hydrogen) atoms. The van der Waals surface area contributed by atoms with Crippen molar-refractivity contribution in [3.63, 3.8) is 0 Å². The van der Waals surface area contributed by atoms with E-state index >= 15 is 0 Å². The van der Waals surface area contributed by atoms with Gasteiger partial charge in [0.25, 0.3) is 0 Å². The van der Waals surface area contributed by atoms with Gasteiger partial charge in [0, 0.05) is 33.1 Å². The van der Waals surface area contributed by atoms with Crippen molar-refractivity contribution in [2.75, 3.05) is 26.2 Å². The summed E-state index contributed by atoms with van der Waals surface area (Å²) in [5.74, 6) is -1.06. The molecule has 0 bridgehead atoms. The van der Waals surface area contributed by atoms with Gasteiger partial charge in [-0.1, -0.05) is 0 Å². The maximum Gasteiger partial charge on any atom is 0.219 e. The van der Waals surface area contributed by atoms with Crippen LogP contribution in [0.5, 0.6) is 0 Å². The van der Waals surface area contributed by atoms with Gasteiger partial charge >= 0.3 is 0 Å². The lowest BCUT2D eigenvalue weighted by Gasteiger charge is -2.33. The van der Waals surface area contributed by atoms with Gasteiger partial charge in [-0.3, -0.25) is 9.69 Å². The molecule has 2 aromatic rings. The van der Waals surface area contributed by atoms with Gasteiger partial charge in [0.05, 0.1) is 11.9 Å². The molecule has 0 N–H and O–H groups in total. The highest BCUT2D eigenvalue weighted by molar-refractivity contribution is 5.78. The van der Waals surface area contributed by atoms with Crippen LogP contribution in [-0.4, -0.2) is 41.9 Å². The number of hydrogen-bond donors (Lipinski definition) is 0. The molecule has 0 aliphatic carbocycles. The highest BCUT2D eigenvalue weighted by atomic mass is 19.2. The number of piperazine rings is 1. The molecule has 0 atom stereocenters. The van der Waals surface area contributed by atoms with Crippen LogP contribution in [0.15, 0.2) is 22.6 Å². The third kappa shape index (κ3) is 2.76. The Morgan fingerprint density at radius 1 is 1.24 bits per heavy atom. The van der Waals surface area contributed by atoms with E-state index in [2.05, 4.69) is 4.90 Å². The van der Waals surface area contributed by atoms with Crippen LogP contribution in [0.1, 0.15) is 12.7 Å². The summed E-state index contributed by atoms with van der Waals surface area (Å²) in [4.78, 5) is 15.2. The predicted molar refractivity (Wildman–Crippen MR) is 73.7 cm³/mol. The first-order chi connectivity index (χ1) is 10.0. The van der Waals surface area contributed by atoms with E-state index in [0.717, 1.165) is 19.2 Å². The SMILES string of the molecule is CC(=O)N1CCN(Cc2cc3c(F)c(F)ccc3o2)CC1. The average Bonchev–Trinajstić information content (AvgIpc) is 2.87. The average molecular weight is 294 g/mol. The Bertz CT molecular complexity index is 676. The van der Waals surface area contributed by atoms with E-state index in [-0.39, 0.29) is 11.3 Å². The number of amides is 1. The molecule has 1 fully saturated rings. The summed E-state index contributed by atoms with van der Waals surface area (Å²) in [6.07, 6.45) is 0. The maximum atomic E-state index is 13.6. The molecule has 0 radical (unpaired) electrons. The Balaban J connectivity index is 1.71. The van der Waals surface area contributed by atoms with Crippen LogP contribution in [-0.2, 0) is 11.3 Å². The molecule has 1 saturated heterocycles. The van der Waals surface area contributed by atoms with Gasteiger partial charge < -0.3 is 9.32 Å². The molecule has 1 aliphatic heterocycles. The number of nitrogens with zero attached hydrogens (tertiary/aromatic N) is 2. The molecule has 0 spiro atoms. The van der Waals surface area contributed by atoms with E-state index < -0.39 is 11.6 Å². The van der Waals surface area contributed by atoms with Crippen LogP contribution in [0.2, 0.25) is 0 Å². The van der Waals surface area contributed by atoms with Crippen LogP contribution in [0, 0.1) is 11.6 Å². The minimum absolute atomic E-state index is 0.0796. The first-order valence-corrected chi connectivity index (χ1v) is 6.89. The molecule has 2 heterocycles. The number of halogens is 2. The van der Waals surface area contributed by atoms with Crippen molar-refractivity contribution in [1.82, 2.24) is 9.80 Å². The zero-order valence-electron chi connectivity index (χ0n) is 11.7. The zero-order chi connectivity index (χ0) is 15.0. The quantitative estimate of drug-likeness (QED) is 0.853. The second-order valence-corrected chi connectivity index (χ2v) is 5.27. The van der Waals surface area contributed by atoms with Crippen LogP contribution in [0.4, 0.5) is 8.78 Å². The van der Waals surface area contributed by atoms with Crippen molar-refractivity contribution < 1.29 is 18.0 Å². The molecular formula is C15H16F2N2O2. The summed E-state index contributed by atoms with van der Waals surface area (Å²) < 4.78 is 32.4. The third-order valence-corrected chi connectivity index (χ3v) is 3.84. The van der Waals surface area contributed by atoms with Crippen molar-refractivity contribution in [2.45, 2.75) is 13.5 Å². The molecule has 6 heteroatoms. The number of furan rings is 1. The van der Waals surface area contributed by atoms with Gasteiger partial charge in [0.15, 0.2) is 11.6 Å². The third-order valence-electron chi connectivity index (χ3n) is 3.84. The van der Waals surface area contributed by atoms with E-state index in [9.17, 15) is 13.6 Å². The summed E-state index contributed by atoms with van der Waals surface area (Å²) in [5, 5.41) is 0.173. The normalized spacial score (nSPS) is 16.6. The van der Waals surface area contributed by atoms with Crippen molar-refractivity contribution in [3.05, 3.63) is 35.6 Å². The highest BCUT2D eigenvalue weighted by Crippen LogP contribution is 2.25. The highest BCUT2D eigenvalue weighted by Gasteiger charge is 2.20. The van der Waals surface area contributed by atoms with Crippen LogP contribution in [0.25, 0.3) is 11.0 Å². The lowest BCUT2D eigenvalue weighted by Crippen LogP contribution is -2.47. The Morgan fingerprint density at radius 2 is 1.95 bits per heavy atom. The molecule has 112 valence electrons. The number of hydrogen-bond acceptors (Lipinski definition) is 3. The van der Waals surface area contributed by atoms with E-state index in [4.69, 9.17) is 4.42 Å². The van der Waals surface area contributed by atoms with Gasteiger partial charge in [-0.2, -0.15) is 0 Å². The number of rotatable bonds is 2. The van der Waals surface area contributed by atoms with Crippen molar-refractivity contribution >= 4 is 16.9 Å². The minimum atomic E-state index is -0.871. The standard InChI is InChI=1S/C15H16F2N2O2/c1-10(20)19-6-4-18(5-7-19)9-11-8-12-14(21-11)3-2-13(16)15(12)17/h2-3,8H,4-7,9H2,1H3. The molecule has 0 saturated carbocycles. The molecule has 1 aromatic heterocycles. The number of carbonyl (C=O) groups excluding carboxylic acids is 1. The van der Waals surface area contributed by atoms with E-state index in [1.807, 2.05) is 0 Å². The molecule has 4 nitrogen and oxygen atoms in total. The first kappa shape index (κ1) is 14.0. The van der Waals surface area contributed by atoms with Crippen LogP contribution in [0.3, 0.4) is 0 Å². The van der Waals surface area contributed by atoms with Gasteiger partial charge in [-0.05, 0) is 18.2 Å². The van der Waals surface area contributed by atoms with Gasteiger partial charge in [-0.25, -0.2) is 8.78 Å². The van der Waals surface area contributed by atoms with Crippen LogP contribution < -0.4 is 0 Å². The topological polar surface area (TPSA) is 36.7 Å². The van der Waals surface area contributed by atoms with Crippen molar-refractivity contribution in [3.8, 4) is 0 Å².